The van der Waals surface area contributed by atoms with E-state index in [2.05, 4.69) is 69.5 Å². The van der Waals surface area contributed by atoms with Crippen LogP contribution in [0.25, 0.3) is 0 Å². The molecule has 0 saturated carbocycles. The highest BCUT2D eigenvalue weighted by molar-refractivity contribution is 5.69. The maximum atomic E-state index is 12.3. The zero-order valence-electron chi connectivity index (χ0n) is 30.7. The van der Waals surface area contributed by atoms with Gasteiger partial charge in [0.05, 0.1) is 14.1 Å². The number of carbonyl (C=O) groups excluding carboxylic acids is 2. The quantitative estimate of drug-likeness (QED) is 0.0653. The predicted octanol–water partition coefficient (Wildman–Crippen LogP) is 10.2. The summed E-state index contributed by atoms with van der Waals surface area (Å²) in [4.78, 5) is 24.6. The Labute approximate surface area is 269 Å². The summed E-state index contributed by atoms with van der Waals surface area (Å²) in [5.41, 5.74) is 0. The van der Waals surface area contributed by atoms with Gasteiger partial charge in [-0.2, -0.15) is 0 Å². The number of ether oxygens (including phenoxy) is 2. The second-order valence-electron chi connectivity index (χ2n) is 15.8. The van der Waals surface area contributed by atoms with Crippen LogP contribution in [0.2, 0.25) is 0 Å². The lowest BCUT2D eigenvalue weighted by atomic mass is 9.92. The molecule has 5 heteroatoms. The van der Waals surface area contributed by atoms with Crippen molar-refractivity contribution in [2.24, 2.45) is 35.5 Å². The first-order valence-corrected chi connectivity index (χ1v) is 18.3. The van der Waals surface area contributed by atoms with Gasteiger partial charge >= 0.3 is 11.9 Å². The van der Waals surface area contributed by atoms with E-state index in [-0.39, 0.29) is 11.9 Å². The van der Waals surface area contributed by atoms with E-state index in [0.717, 1.165) is 49.6 Å². The molecule has 0 aliphatic heterocycles. The van der Waals surface area contributed by atoms with E-state index < -0.39 is 0 Å². The van der Waals surface area contributed by atoms with Gasteiger partial charge in [-0.05, 0) is 48.3 Å². The number of likely N-dealkylation sites (N-methyl/N-ethyl adjacent to an activating group) is 1. The smallest absolute Gasteiger partial charge is 0.306 e. The van der Waals surface area contributed by atoms with Crippen molar-refractivity contribution in [3.05, 3.63) is 0 Å². The molecule has 0 amide bonds. The Bertz CT molecular complexity index is 633. The molecule has 0 rings (SSSR count). The second-order valence-corrected chi connectivity index (χ2v) is 15.8. The summed E-state index contributed by atoms with van der Waals surface area (Å²) in [5, 5.41) is 0. The van der Waals surface area contributed by atoms with Crippen molar-refractivity contribution < 1.29 is 23.5 Å². The minimum atomic E-state index is -0.0879. The molecule has 0 aliphatic carbocycles. The lowest BCUT2D eigenvalue weighted by molar-refractivity contribution is -0.890. The molecule has 0 aromatic rings. The first-order chi connectivity index (χ1) is 20.2. The molecular weight excluding hydrogens is 534 g/mol. The lowest BCUT2D eigenvalue weighted by Gasteiger charge is -2.29. The van der Waals surface area contributed by atoms with Crippen LogP contribution in [-0.2, 0) is 19.1 Å². The van der Waals surface area contributed by atoms with Crippen molar-refractivity contribution in [3.63, 3.8) is 0 Å². The maximum Gasteiger partial charge on any atom is 0.306 e. The molecule has 5 nitrogen and oxygen atoms in total. The van der Waals surface area contributed by atoms with Crippen LogP contribution in [0.1, 0.15) is 158 Å². The molecule has 0 heterocycles. The Balaban J connectivity index is 3.88. The van der Waals surface area contributed by atoms with Crippen LogP contribution in [-0.4, -0.2) is 56.8 Å². The summed E-state index contributed by atoms with van der Waals surface area (Å²) in [6, 6.07) is 0. The maximum absolute atomic E-state index is 12.3. The third-order valence-electron chi connectivity index (χ3n) is 9.35. The van der Waals surface area contributed by atoms with Crippen LogP contribution in [0.5, 0.6) is 0 Å². The first-order valence-electron chi connectivity index (χ1n) is 18.3. The molecule has 0 aliphatic rings. The fourth-order valence-corrected chi connectivity index (χ4v) is 5.75. The summed E-state index contributed by atoms with van der Waals surface area (Å²) in [5.74, 6) is 4.18. The zero-order chi connectivity index (χ0) is 32.7. The highest BCUT2D eigenvalue weighted by Gasteiger charge is 2.18. The van der Waals surface area contributed by atoms with Crippen LogP contribution in [0, 0.1) is 35.5 Å². The van der Waals surface area contributed by atoms with Crippen LogP contribution in [0.3, 0.4) is 0 Å². The van der Waals surface area contributed by atoms with Crippen LogP contribution in [0.4, 0.5) is 0 Å². The molecule has 0 fully saturated rings. The third-order valence-corrected chi connectivity index (χ3v) is 9.35. The van der Waals surface area contributed by atoms with Crippen LogP contribution >= 0.6 is 0 Å². The van der Waals surface area contributed by atoms with Crippen molar-refractivity contribution >= 4 is 11.9 Å². The normalized spacial score (nSPS) is 15.0. The Morgan fingerprint density at radius 3 is 1.05 bits per heavy atom. The Morgan fingerprint density at radius 1 is 0.465 bits per heavy atom. The Morgan fingerprint density at radius 2 is 0.744 bits per heavy atom. The predicted molar refractivity (Wildman–Crippen MR) is 184 cm³/mol. The second kappa shape index (κ2) is 25.1. The molecule has 0 radical (unpaired) electrons. The van der Waals surface area contributed by atoms with Gasteiger partial charge in [-0.3, -0.25) is 9.59 Å². The van der Waals surface area contributed by atoms with Gasteiger partial charge < -0.3 is 14.0 Å². The van der Waals surface area contributed by atoms with Gasteiger partial charge in [-0.15, -0.1) is 0 Å². The number of nitrogens with zero attached hydrogens (tertiary/aromatic N) is 1. The number of esters is 2. The van der Waals surface area contributed by atoms with E-state index in [1.807, 2.05) is 0 Å². The van der Waals surface area contributed by atoms with Gasteiger partial charge in [-0.1, -0.05) is 132 Å². The molecule has 0 saturated heterocycles. The van der Waals surface area contributed by atoms with E-state index in [9.17, 15) is 9.59 Å². The van der Waals surface area contributed by atoms with E-state index in [1.165, 1.54) is 77.0 Å². The van der Waals surface area contributed by atoms with Crippen molar-refractivity contribution in [1.82, 2.24) is 0 Å². The summed E-state index contributed by atoms with van der Waals surface area (Å²) in [6.07, 6.45) is 18.4. The average molecular weight is 611 g/mol. The van der Waals surface area contributed by atoms with E-state index in [0.29, 0.717) is 42.4 Å². The summed E-state index contributed by atoms with van der Waals surface area (Å²) in [7, 11) is 4.19. The van der Waals surface area contributed by atoms with Gasteiger partial charge in [0.2, 0.25) is 0 Å². The molecule has 0 N–H and O–H groups in total. The Kier molecular flexibility index (Phi) is 24.5. The highest BCUT2D eigenvalue weighted by Crippen LogP contribution is 2.22. The minimum Gasteiger partial charge on any atom is -0.460 e. The minimum absolute atomic E-state index is 0.0879. The third kappa shape index (κ3) is 28.1. The van der Waals surface area contributed by atoms with Crippen LogP contribution < -0.4 is 0 Å². The zero-order valence-corrected chi connectivity index (χ0v) is 30.7. The molecule has 256 valence electrons. The standard InChI is InChI=1S/C38H76NO4/c1-31(2)15-11-17-33(5)19-13-21-35(7)23-25-37(40)42-29-27-39(9,10)28-30-43-38(41)26-24-36(8)22-14-20-34(6)18-12-16-32(3)4/h31-36H,11-30H2,1-10H3/q+1. The summed E-state index contributed by atoms with van der Waals surface area (Å²) in [6.45, 7) is 20.8. The van der Waals surface area contributed by atoms with E-state index in [1.54, 1.807) is 0 Å². The number of quaternary nitrogens is 1. The van der Waals surface area contributed by atoms with E-state index >= 15 is 0 Å². The van der Waals surface area contributed by atoms with Gasteiger partial charge in [0.1, 0.15) is 26.3 Å². The number of rotatable bonds is 28. The van der Waals surface area contributed by atoms with Gasteiger partial charge in [0.25, 0.3) is 0 Å². The molecule has 43 heavy (non-hydrogen) atoms. The fraction of sp³-hybridized carbons (Fsp3) is 0.947. The van der Waals surface area contributed by atoms with Gasteiger partial charge in [-0.25, -0.2) is 0 Å². The molecule has 0 spiro atoms. The lowest BCUT2D eigenvalue weighted by Crippen LogP contribution is -2.45. The number of hydrogen-bond acceptors (Lipinski definition) is 4. The summed E-state index contributed by atoms with van der Waals surface area (Å²) >= 11 is 0. The van der Waals surface area contributed by atoms with Crippen molar-refractivity contribution in [1.29, 1.82) is 0 Å². The fourth-order valence-electron chi connectivity index (χ4n) is 5.75. The van der Waals surface area contributed by atoms with Crippen molar-refractivity contribution in [3.8, 4) is 0 Å². The monoisotopic (exact) mass is 611 g/mol. The Hall–Kier alpha value is -1.10. The molecule has 4 atom stereocenters. The first kappa shape index (κ1) is 41.9. The van der Waals surface area contributed by atoms with E-state index in [4.69, 9.17) is 9.47 Å². The largest absolute Gasteiger partial charge is 0.460 e. The molecular formula is C38H76NO4+. The molecule has 4 unspecified atom stereocenters. The van der Waals surface area contributed by atoms with Gasteiger partial charge in [0.15, 0.2) is 0 Å². The van der Waals surface area contributed by atoms with Gasteiger partial charge in [0, 0.05) is 12.8 Å². The van der Waals surface area contributed by atoms with Crippen LogP contribution in [0.15, 0.2) is 0 Å². The number of carbonyl (C=O) groups is 2. The summed E-state index contributed by atoms with van der Waals surface area (Å²) < 4.78 is 11.7. The SMILES string of the molecule is CC(C)CCCC(C)CCCC(C)CCC(=O)OCC[N+](C)(C)CCOC(=O)CCC(C)CCCC(C)CCCC(C)C. The molecule has 0 aromatic carbocycles. The van der Waals surface area contributed by atoms with Crippen molar-refractivity contribution in [2.45, 2.75) is 158 Å². The molecule has 0 bridgehead atoms. The molecule has 0 aromatic heterocycles. The average Bonchev–Trinajstić information content (AvgIpc) is 2.90. The topological polar surface area (TPSA) is 52.6 Å². The number of hydrogen-bond donors (Lipinski definition) is 0. The van der Waals surface area contributed by atoms with Crippen molar-refractivity contribution in [2.75, 3.05) is 40.4 Å². The highest BCUT2D eigenvalue weighted by atomic mass is 16.5.